The Morgan fingerprint density at radius 3 is 2.11 bits per heavy atom. The number of para-hydroxylation sites is 1. The van der Waals surface area contributed by atoms with Crippen molar-refractivity contribution in [2.24, 2.45) is 10.1 Å². The normalized spacial score (nSPS) is 11.9. The van der Waals surface area contributed by atoms with Gasteiger partial charge in [-0.25, -0.2) is 18.5 Å². The summed E-state index contributed by atoms with van der Waals surface area (Å²) in [5.41, 5.74) is 2.33. The second-order valence-electron chi connectivity index (χ2n) is 5.72. The predicted octanol–water partition coefficient (Wildman–Crippen LogP) is 3.53. The van der Waals surface area contributed by atoms with E-state index in [-0.39, 0.29) is 4.90 Å². The first-order chi connectivity index (χ1) is 13.0. The summed E-state index contributed by atoms with van der Waals surface area (Å²) in [5.74, 6) is 1.36. The van der Waals surface area contributed by atoms with Gasteiger partial charge < -0.3 is 10.1 Å². The fourth-order valence-corrected chi connectivity index (χ4v) is 2.93. The highest BCUT2D eigenvalue weighted by molar-refractivity contribution is 7.89. The summed E-state index contributed by atoms with van der Waals surface area (Å²) in [6.45, 7) is 0. The van der Waals surface area contributed by atoms with Crippen LogP contribution in [-0.2, 0) is 10.0 Å². The standard InChI is InChI=1S/C20H19N3O3S/c1-26-18-11-7-15(8-12-18)20(22-16-5-3-2-4-6-16)23-17-9-13-19(14-10-17)27(21,24)25/h2-14H,1H3,(H,22,23)(H2,21,24,25). The molecule has 0 aliphatic carbocycles. The van der Waals surface area contributed by atoms with Gasteiger partial charge in [-0.15, -0.1) is 0 Å². The van der Waals surface area contributed by atoms with Crippen molar-refractivity contribution >= 4 is 27.2 Å². The smallest absolute Gasteiger partial charge is 0.238 e. The maximum atomic E-state index is 11.4. The monoisotopic (exact) mass is 381 g/mol. The second-order valence-corrected chi connectivity index (χ2v) is 7.28. The van der Waals surface area contributed by atoms with E-state index in [9.17, 15) is 8.42 Å². The largest absolute Gasteiger partial charge is 0.497 e. The number of benzene rings is 3. The number of sulfonamides is 1. The molecule has 0 aromatic heterocycles. The molecule has 3 aromatic rings. The molecule has 27 heavy (non-hydrogen) atoms. The first-order valence-corrected chi connectivity index (χ1v) is 9.68. The number of nitrogens with one attached hydrogen (secondary N) is 1. The lowest BCUT2D eigenvalue weighted by molar-refractivity contribution is 0.415. The molecule has 3 rings (SSSR count). The number of hydrogen-bond acceptors (Lipinski definition) is 4. The van der Waals surface area contributed by atoms with Crippen LogP contribution in [0.3, 0.4) is 0 Å². The van der Waals surface area contributed by atoms with E-state index in [1.54, 1.807) is 19.2 Å². The average Bonchev–Trinajstić information content (AvgIpc) is 2.68. The number of rotatable bonds is 5. The Morgan fingerprint density at radius 1 is 0.926 bits per heavy atom. The van der Waals surface area contributed by atoms with Crippen molar-refractivity contribution in [3.8, 4) is 5.75 Å². The average molecular weight is 381 g/mol. The zero-order valence-corrected chi connectivity index (χ0v) is 15.5. The number of primary sulfonamides is 1. The van der Waals surface area contributed by atoms with Gasteiger partial charge in [0, 0.05) is 11.3 Å². The summed E-state index contributed by atoms with van der Waals surface area (Å²) in [6, 6.07) is 23.2. The number of methoxy groups -OCH3 is 1. The lowest BCUT2D eigenvalue weighted by atomic mass is 10.2. The topological polar surface area (TPSA) is 93.8 Å². The molecular weight excluding hydrogens is 362 g/mol. The fraction of sp³-hybridized carbons (Fsp3) is 0.0500. The minimum absolute atomic E-state index is 0.0449. The number of ether oxygens (including phenoxy) is 1. The number of amidine groups is 1. The van der Waals surface area contributed by atoms with E-state index in [0.717, 1.165) is 17.0 Å². The molecule has 6 nitrogen and oxygen atoms in total. The molecule has 0 radical (unpaired) electrons. The number of nitrogens with two attached hydrogens (primary N) is 1. The highest BCUT2D eigenvalue weighted by atomic mass is 32.2. The summed E-state index contributed by atoms with van der Waals surface area (Å²) < 4.78 is 28.0. The van der Waals surface area contributed by atoms with E-state index in [0.29, 0.717) is 11.5 Å². The van der Waals surface area contributed by atoms with Crippen molar-refractivity contribution in [2.45, 2.75) is 4.90 Å². The molecule has 0 saturated heterocycles. The molecule has 0 aliphatic heterocycles. The number of anilines is 1. The molecular formula is C20H19N3O3S. The quantitative estimate of drug-likeness (QED) is 0.522. The first kappa shape index (κ1) is 18.6. The molecule has 0 spiro atoms. The molecule has 0 amide bonds. The van der Waals surface area contributed by atoms with Crippen LogP contribution in [0.5, 0.6) is 5.75 Å². The van der Waals surface area contributed by atoms with Gasteiger partial charge in [0.05, 0.1) is 17.7 Å². The van der Waals surface area contributed by atoms with E-state index < -0.39 is 10.0 Å². The molecule has 0 heterocycles. The Morgan fingerprint density at radius 2 is 1.56 bits per heavy atom. The number of hydrogen-bond donors (Lipinski definition) is 2. The first-order valence-electron chi connectivity index (χ1n) is 8.14. The Balaban J connectivity index is 1.98. The van der Waals surface area contributed by atoms with Gasteiger partial charge in [-0.05, 0) is 60.7 Å². The van der Waals surface area contributed by atoms with Crippen LogP contribution in [0.2, 0.25) is 0 Å². The number of nitrogens with zero attached hydrogens (tertiary/aromatic N) is 1. The van der Waals surface area contributed by atoms with Crippen molar-refractivity contribution in [1.29, 1.82) is 0 Å². The molecule has 0 unspecified atom stereocenters. The minimum Gasteiger partial charge on any atom is -0.497 e. The van der Waals surface area contributed by atoms with E-state index in [2.05, 4.69) is 10.3 Å². The van der Waals surface area contributed by atoms with Crippen molar-refractivity contribution in [3.05, 3.63) is 84.4 Å². The highest BCUT2D eigenvalue weighted by Gasteiger charge is 2.08. The molecule has 7 heteroatoms. The van der Waals surface area contributed by atoms with Crippen molar-refractivity contribution in [1.82, 2.24) is 0 Å². The predicted molar refractivity (Wildman–Crippen MR) is 107 cm³/mol. The third kappa shape index (κ3) is 4.93. The van der Waals surface area contributed by atoms with Gasteiger partial charge >= 0.3 is 0 Å². The lowest BCUT2D eigenvalue weighted by Gasteiger charge is -2.11. The molecule has 0 fully saturated rings. The summed E-state index contributed by atoms with van der Waals surface area (Å²) in [7, 11) is -2.12. The van der Waals surface area contributed by atoms with Crippen LogP contribution < -0.4 is 15.2 Å². The van der Waals surface area contributed by atoms with Gasteiger partial charge in [-0.1, -0.05) is 18.2 Å². The molecule has 3 aromatic carbocycles. The second kappa shape index (κ2) is 8.03. The van der Waals surface area contributed by atoms with Gasteiger partial charge in [0.15, 0.2) is 0 Å². The molecule has 0 bridgehead atoms. The van der Waals surface area contributed by atoms with E-state index in [1.807, 2.05) is 54.6 Å². The zero-order chi connectivity index (χ0) is 19.3. The van der Waals surface area contributed by atoms with Gasteiger partial charge in [-0.3, -0.25) is 0 Å². The van der Waals surface area contributed by atoms with Crippen LogP contribution in [0.25, 0.3) is 0 Å². The Labute approximate surface area is 158 Å². The van der Waals surface area contributed by atoms with Gasteiger partial charge in [0.2, 0.25) is 10.0 Å². The van der Waals surface area contributed by atoms with Gasteiger partial charge in [0.1, 0.15) is 11.6 Å². The molecule has 138 valence electrons. The van der Waals surface area contributed by atoms with E-state index >= 15 is 0 Å². The van der Waals surface area contributed by atoms with Crippen LogP contribution in [0.1, 0.15) is 5.56 Å². The third-order valence-corrected chi connectivity index (χ3v) is 4.74. The molecule has 0 saturated carbocycles. The summed E-state index contributed by atoms with van der Waals surface area (Å²) in [6.07, 6.45) is 0. The van der Waals surface area contributed by atoms with Gasteiger partial charge in [0.25, 0.3) is 0 Å². The summed E-state index contributed by atoms with van der Waals surface area (Å²) in [5, 5.41) is 8.43. The van der Waals surface area contributed by atoms with Crippen molar-refractivity contribution in [3.63, 3.8) is 0 Å². The van der Waals surface area contributed by atoms with Crippen molar-refractivity contribution in [2.75, 3.05) is 12.4 Å². The molecule has 3 N–H and O–H groups in total. The summed E-state index contributed by atoms with van der Waals surface area (Å²) in [4.78, 5) is 4.68. The van der Waals surface area contributed by atoms with Crippen LogP contribution in [0.15, 0.2) is 88.8 Å². The van der Waals surface area contributed by atoms with Crippen LogP contribution in [0, 0.1) is 0 Å². The maximum Gasteiger partial charge on any atom is 0.238 e. The van der Waals surface area contributed by atoms with E-state index in [1.165, 1.54) is 12.1 Å². The SMILES string of the molecule is COc1ccc(C(=Nc2ccc(S(N)(=O)=O)cc2)Nc2ccccc2)cc1. The van der Waals surface area contributed by atoms with E-state index in [4.69, 9.17) is 9.88 Å². The fourth-order valence-electron chi connectivity index (χ4n) is 2.41. The van der Waals surface area contributed by atoms with Crippen molar-refractivity contribution < 1.29 is 13.2 Å². The Kier molecular flexibility index (Phi) is 5.54. The van der Waals surface area contributed by atoms with Crippen LogP contribution in [0.4, 0.5) is 11.4 Å². The highest BCUT2D eigenvalue weighted by Crippen LogP contribution is 2.20. The number of aliphatic imine (C=N–C) groups is 1. The third-order valence-electron chi connectivity index (χ3n) is 3.81. The van der Waals surface area contributed by atoms with Crippen LogP contribution in [-0.4, -0.2) is 21.4 Å². The maximum absolute atomic E-state index is 11.4. The lowest BCUT2D eigenvalue weighted by Crippen LogP contribution is -2.13. The summed E-state index contributed by atoms with van der Waals surface area (Å²) >= 11 is 0. The molecule has 0 aliphatic rings. The Bertz CT molecular complexity index is 1030. The minimum atomic E-state index is -3.73. The molecule has 0 atom stereocenters. The Hall–Kier alpha value is -3.16. The van der Waals surface area contributed by atoms with Gasteiger partial charge in [-0.2, -0.15) is 0 Å². The van der Waals surface area contributed by atoms with Crippen LogP contribution >= 0.6 is 0 Å². The zero-order valence-electron chi connectivity index (χ0n) is 14.7.